The molecule has 0 aliphatic carbocycles. The van der Waals surface area contributed by atoms with Crippen molar-refractivity contribution in [2.45, 2.75) is 0 Å². The van der Waals surface area contributed by atoms with Gasteiger partial charge in [-0.05, 0) is 40.2 Å². The summed E-state index contributed by atoms with van der Waals surface area (Å²) in [5.74, 6) is 0.577. The quantitative estimate of drug-likeness (QED) is 0.692. The molecule has 1 aromatic carbocycles. The van der Waals surface area contributed by atoms with Crippen LogP contribution in [0.25, 0.3) is 17.1 Å². The molecule has 2 aromatic heterocycles. The molecule has 0 fully saturated rings. The normalized spacial score (nSPS) is 10.6. The number of nitrogens with zero attached hydrogens (tertiary/aromatic N) is 2. The lowest BCUT2D eigenvalue weighted by molar-refractivity contribution is 0.112. The fraction of sp³-hybridized carbons (Fsp3) is 0. The number of para-hydroxylation sites is 1. The summed E-state index contributed by atoms with van der Waals surface area (Å²) >= 11 is 3.46. The summed E-state index contributed by atoms with van der Waals surface area (Å²) in [6.45, 7) is 0. The molecule has 0 atom stereocenters. The Kier molecular flexibility index (Phi) is 3.05. The largest absolute Gasteiger partial charge is 0.463 e. The molecule has 4 nitrogen and oxygen atoms in total. The Labute approximate surface area is 117 Å². The number of hydrogen-bond donors (Lipinski definition) is 0. The molecule has 3 aromatic rings. The fourth-order valence-electron chi connectivity index (χ4n) is 1.84. The first kappa shape index (κ1) is 11.9. The third-order valence-corrected chi connectivity index (χ3v) is 3.39. The molecule has 0 saturated heterocycles. The molecule has 0 saturated carbocycles. The zero-order valence-electron chi connectivity index (χ0n) is 9.79. The monoisotopic (exact) mass is 316 g/mol. The van der Waals surface area contributed by atoms with E-state index in [-0.39, 0.29) is 0 Å². The Bertz CT molecular complexity index is 717. The predicted molar refractivity (Wildman–Crippen MR) is 74.4 cm³/mol. The molecule has 0 bridgehead atoms. The zero-order chi connectivity index (χ0) is 13.2. The maximum Gasteiger partial charge on any atom is 0.154 e. The van der Waals surface area contributed by atoms with Gasteiger partial charge in [-0.15, -0.1) is 0 Å². The number of carbonyl (C=O) groups is 1. The van der Waals surface area contributed by atoms with Crippen LogP contribution in [0.15, 0.2) is 57.7 Å². The lowest BCUT2D eigenvalue weighted by atomic mass is 10.2. The van der Waals surface area contributed by atoms with Gasteiger partial charge in [0.1, 0.15) is 5.69 Å². The minimum absolute atomic E-state index is 0.491. The van der Waals surface area contributed by atoms with E-state index in [2.05, 4.69) is 21.0 Å². The highest BCUT2D eigenvalue weighted by atomic mass is 79.9. The first-order chi connectivity index (χ1) is 9.29. The van der Waals surface area contributed by atoms with Crippen LogP contribution in [0.3, 0.4) is 0 Å². The van der Waals surface area contributed by atoms with Gasteiger partial charge < -0.3 is 4.42 Å². The van der Waals surface area contributed by atoms with Crippen molar-refractivity contribution in [1.29, 1.82) is 0 Å². The summed E-state index contributed by atoms with van der Waals surface area (Å²) in [5.41, 5.74) is 1.89. The summed E-state index contributed by atoms with van der Waals surface area (Å²) in [7, 11) is 0. The molecule has 0 N–H and O–H groups in total. The van der Waals surface area contributed by atoms with E-state index in [4.69, 9.17) is 4.42 Å². The summed E-state index contributed by atoms with van der Waals surface area (Å²) in [5, 5.41) is 4.42. The summed E-state index contributed by atoms with van der Waals surface area (Å²) in [6.07, 6.45) is 4.02. The molecule has 19 heavy (non-hydrogen) atoms. The number of hydrogen-bond acceptors (Lipinski definition) is 3. The second-order valence-corrected chi connectivity index (χ2v) is 4.78. The second kappa shape index (κ2) is 4.85. The molecule has 0 radical (unpaired) electrons. The maximum absolute atomic E-state index is 11.1. The van der Waals surface area contributed by atoms with E-state index < -0.39 is 0 Å². The van der Waals surface area contributed by atoms with Crippen LogP contribution >= 0.6 is 15.9 Å². The van der Waals surface area contributed by atoms with Crippen molar-refractivity contribution in [2.75, 3.05) is 0 Å². The van der Waals surface area contributed by atoms with Crippen molar-refractivity contribution < 1.29 is 9.21 Å². The van der Waals surface area contributed by atoms with E-state index >= 15 is 0 Å². The minimum atomic E-state index is 0.491. The van der Waals surface area contributed by atoms with E-state index in [1.165, 1.54) is 0 Å². The van der Waals surface area contributed by atoms with Gasteiger partial charge in [-0.25, -0.2) is 4.68 Å². The van der Waals surface area contributed by atoms with Gasteiger partial charge in [0, 0.05) is 10.7 Å². The van der Waals surface area contributed by atoms with Gasteiger partial charge in [-0.3, -0.25) is 4.79 Å². The van der Waals surface area contributed by atoms with Gasteiger partial charge in [0.15, 0.2) is 12.0 Å². The highest BCUT2D eigenvalue weighted by molar-refractivity contribution is 9.10. The van der Waals surface area contributed by atoms with E-state index in [1.54, 1.807) is 29.3 Å². The van der Waals surface area contributed by atoms with Crippen molar-refractivity contribution >= 4 is 22.2 Å². The van der Waals surface area contributed by atoms with Crippen LogP contribution in [0.4, 0.5) is 0 Å². The average molecular weight is 317 g/mol. The molecule has 94 valence electrons. The smallest absolute Gasteiger partial charge is 0.154 e. The summed E-state index contributed by atoms with van der Waals surface area (Å²) in [4.78, 5) is 11.1. The Morgan fingerprint density at radius 3 is 2.74 bits per heavy atom. The highest BCUT2D eigenvalue weighted by Crippen LogP contribution is 2.25. The van der Waals surface area contributed by atoms with Gasteiger partial charge in [-0.2, -0.15) is 5.10 Å². The number of halogens is 1. The molecule has 3 rings (SSSR count). The van der Waals surface area contributed by atoms with Gasteiger partial charge in [0.25, 0.3) is 0 Å². The maximum atomic E-state index is 11.1. The number of carbonyl (C=O) groups excluding carboxylic acids is 1. The molecular weight excluding hydrogens is 308 g/mol. The van der Waals surface area contributed by atoms with Crippen molar-refractivity contribution in [3.8, 4) is 17.1 Å². The Morgan fingerprint density at radius 1 is 1.21 bits per heavy atom. The number of aldehydes is 1. The number of rotatable bonds is 3. The van der Waals surface area contributed by atoms with Crippen LogP contribution in [-0.4, -0.2) is 16.1 Å². The lowest BCUT2D eigenvalue weighted by Crippen LogP contribution is -1.95. The van der Waals surface area contributed by atoms with Crippen LogP contribution < -0.4 is 0 Å². The van der Waals surface area contributed by atoms with Gasteiger partial charge in [0.2, 0.25) is 0 Å². The topological polar surface area (TPSA) is 48.0 Å². The fourth-order valence-corrected chi connectivity index (χ4v) is 2.31. The SMILES string of the molecule is O=Cc1cn(-c2ccccc2Br)nc1-c1ccco1. The van der Waals surface area contributed by atoms with Crippen LogP contribution in [0.2, 0.25) is 0 Å². The van der Waals surface area contributed by atoms with E-state index in [0.29, 0.717) is 17.0 Å². The van der Waals surface area contributed by atoms with Gasteiger partial charge in [-0.1, -0.05) is 12.1 Å². The zero-order valence-corrected chi connectivity index (χ0v) is 11.4. The van der Waals surface area contributed by atoms with E-state index in [9.17, 15) is 4.79 Å². The highest BCUT2D eigenvalue weighted by Gasteiger charge is 2.14. The lowest BCUT2D eigenvalue weighted by Gasteiger charge is -2.02. The van der Waals surface area contributed by atoms with Crippen LogP contribution in [0.5, 0.6) is 0 Å². The van der Waals surface area contributed by atoms with Gasteiger partial charge in [0.05, 0.1) is 17.5 Å². The van der Waals surface area contributed by atoms with Crippen molar-refractivity contribution in [1.82, 2.24) is 9.78 Å². The first-order valence-corrected chi connectivity index (χ1v) is 6.42. The molecule has 0 unspecified atom stereocenters. The third-order valence-electron chi connectivity index (χ3n) is 2.72. The van der Waals surface area contributed by atoms with Gasteiger partial charge >= 0.3 is 0 Å². The summed E-state index contributed by atoms with van der Waals surface area (Å²) < 4.78 is 7.86. The first-order valence-electron chi connectivity index (χ1n) is 5.63. The van der Waals surface area contributed by atoms with Crippen molar-refractivity contribution in [3.63, 3.8) is 0 Å². The minimum Gasteiger partial charge on any atom is -0.463 e. The number of furan rings is 1. The average Bonchev–Trinajstić information content (AvgIpc) is 3.08. The van der Waals surface area contributed by atoms with E-state index in [1.807, 2.05) is 24.3 Å². The third kappa shape index (κ3) is 2.13. The number of aromatic nitrogens is 2. The molecule has 2 heterocycles. The molecule has 0 aliphatic heterocycles. The number of benzene rings is 1. The van der Waals surface area contributed by atoms with E-state index in [0.717, 1.165) is 16.4 Å². The van der Waals surface area contributed by atoms with Crippen LogP contribution in [0, 0.1) is 0 Å². The molecule has 0 aliphatic rings. The summed E-state index contributed by atoms with van der Waals surface area (Å²) in [6, 6.07) is 11.2. The predicted octanol–water partition coefficient (Wildman–Crippen LogP) is 3.71. The Morgan fingerprint density at radius 2 is 2.05 bits per heavy atom. The standard InChI is InChI=1S/C14H9BrN2O2/c15-11-4-1-2-5-12(11)17-8-10(9-18)14(16-17)13-6-3-7-19-13/h1-9H. The molecular formula is C14H9BrN2O2. The van der Waals surface area contributed by atoms with Crippen molar-refractivity contribution in [3.05, 3.63) is 58.9 Å². The Hall–Kier alpha value is -2.14. The molecule has 5 heteroatoms. The molecule has 0 amide bonds. The second-order valence-electron chi connectivity index (χ2n) is 3.92. The van der Waals surface area contributed by atoms with Crippen molar-refractivity contribution in [2.24, 2.45) is 0 Å². The van der Waals surface area contributed by atoms with Crippen LogP contribution in [-0.2, 0) is 0 Å². The molecule has 0 spiro atoms. The van der Waals surface area contributed by atoms with Crippen LogP contribution in [0.1, 0.15) is 10.4 Å². The Balaban J connectivity index is 2.15.